The molecule has 0 spiro atoms. The highest BCUT2D eigenvalue weighted by atomic mass is 16.5. The number of likely N-dealkylation sites (N-methyl/N-ethyl adjacent to an activating group) is 1. The van der Waals surface area contributed by atoms with Crippen molar-refractivity contribution in [2.24, 2.45) is 0 Å². The van der Waals surface area contributed by atoms with E-state index in [1.807, 2.05) is 6.07 Å². The zero-order valence-corrected chi connectivity index (χ0v) is 26.4. The van der Waals surface area contributed by atoms with Gasteiger partial charge >= 0.3 is 0 Å². The summed E-state index contributed by atoms with van der Waals surface area (Å²) >= 11 is 0. The number of hydrogen-bond donors (Lipinski definition) is 0. The highest BCUT2D eigenvalue weighted by Gasteiger charge is 2.18. The van der Waals surface area contributed by atoms with Crippen molar-refractivity contribution in [3.63, 3.8) is 0 Å². The lowest BCUT2D eigenvalue weighted by Crippen LogP contribution is -2.26. The maximum atomic E-state index is 5.42. The third-order valence-electron chi connectivity index (χ3n) is 7.95. The van der Waals surface area contributed by atoms with E-state index in [1.54, 1.807) is 0 Å². The second-order valence-corrected chi connectivity index (χ2v) is 10.8. The summed E-state index contributed by atoms with van der Waals surface area (Å²) in [5, 5.41) is 4.19. The minimum Gasteiger partial charge on any atom is -0.339 e. The highest BCUT2D eigenvalue weighted by Crippen LogP contribution is 2.25. The normalized spacial score (nSPS) is 11.9. The predicted octanol–water partition coefficient (Wildman–Crippen LogP) is 8.07. The summed E-state index contributed by atoms with van der Waals surface area (Å²) < 4.78 is 5.42. The van der Waals surface area contributed by atoms with Crippen LogP contribution in [0, 0.1) is 0 Å². The van der Waals surface area contributed by atoms with Crippen LogP contribution in [-0.2, 0) is 19.3 Å². The maximum absolute atomic E-state index is 5.42. The molecule has 1 heterocycles. The van der Waals surface area contributed by atoms with E-state index in [0.29, 0.717) is 0 Å². The molecule has 5 nitrogen and oxygen atoms in total. The summed E-state index contributed by atoms with van der Waals surface area (Å²) in [4.78, 5) is 9.53. The van der Waals surface area contributed by atoms with E-state index in [2.05, 4.69) is 133 Å². The molecule has 1 unspecified atom stereocenters. The fourth-order valence-electron chi connectivity index (χ4n) is 5.29. The Morgan fingerprint density at radius 1 is 0.595 bits per heavy atom. The quantitative estimate of drug-likeness (QED) is 0.129. The Kier molecular flexibility index (Phi) is 15.6. The SMILES string of the molecule is CCC(c1ccccc1)c1noc(CCN(CC)CC)n1.CCN(CCCc1ccccc1)CCCc1ccccc1. The van der Waals surface area contributed by atoms with Gasteiger partial charge < -0.3 is 14.3 Å². The van der Waals surface area contributed by atoms with Gasteiger partial charge in [-0.25, -0.2) is 0 Å². The molecule has 0 fully saturated rings. The molecule has 0 aliphatic heterocycles. The molecule has 42 heavy (non-hydrogen) atoms. The fourth-order valence-corrected chi connectivity index (χ4v) is 5.29. The molecular formula is C37H52N4O. The standard InChI is InChI=1S/C20H27N.C17H25N3O/c1-2-21(17-9-15-19-11-5-3-6-12-19)18-10-16-20-13-7-4-8-14-20;1-4-15(14-10-8-7-9-11-14)17-18-16(21-19-17)12-13-20(5-2)6-3/h3-8,11-14H,2,9-10,15-18H2,1H3;7-11,15H,4-6,12-13H2,1-3H3. The van der Waals surface area contributed by atoms with Gasteiger partial charge in [-0.1, -0.05) is 124 Å². The molecule has 0 bridgehead atoms. The van der Waals surface area contributed by atoms with E-state index < -0.39 is 0 Å². The molecule has 0 amide bonds. The summed E-state index contributed by atoms with van der Waals surface area (Å²) in [5.41, 5.74) is 4.16. The maximum Gasteiger partial charge on any atom is 0.227 e. The van der Waals surface area contributed by atoms with Gasteiger partial charge in [0.25, 0.3) is 0 Å². The first-order valence-electron chi connectivity index (χ1n) is 16.1. The van der Waals surface area contributed by atoms with Crippen LogP contribution in [-0.4, -0.2) is 59.2 Å². The van der Waals surface area contributed by atoms with Gasteiger partial charge in [0.05, 0.1) is 0 Å². The molecule has 4 rings (SSSR count). The van der Waals surface area contributed by atoms with Gasteiger partial charge in [-0.2, -0.15) is 4.98 Å². The van der Waals surface area contributed by atoms with Crippen molar-refractivity contribution >= 4 is 0 Å². The molecule has 4 aromatic rings. The Balaban J connectivity index is 0.000000230. The van der Waals surface area contributed by atoms with Crippen LogP contribution in [0.1, 0.15) is 81.3 Å². The molecule has 0 aliphatic rings. The molecule has 3 aromatic carbocycles. The second kappa shape index (κ2) is 19.8. The van der Waals surface area contributed by atoms with Gasteiger partial charge in [0.2, 0.25) is 5.89 Å². The van der Waals surface area contributed by atoms with Crippen molar-refractivity contribution in [3.05, 3.63) is 119 Å². The number of aromatic nitrogens is 2. The first kappa shape index (κ1) is 33.2. The Labute approximate surface area is 255 Å². The van der Waals surface area contributed by atoms with Gasteiger partial charge in [0.1, 0.15) is 0 Å². The zero-order valence-electron chi connectivity index (χ0n) is 26.4. The van der Waals surface area contributed by atoms with Crippen molar-refractivity contribution < 1.29 is 4.52 Å². The van der Waals surface area contributed by atoms with Gasteiger partial charge in [0, 0.05) is 18.9 Å². The fraction of sp³-hybridized carbons (Fsp3) is 0.459. The Morgan fingerprint density at radius 2 is 1.10 bits per heavy atom. The Morgan fingerprint density at radius 3 is 1.57 bits per heavy atom. The third-order valence-corrected chi connectivity index (χ3v) is 7.95. The van der Waals surface area contributed by atoms with Gasteiger partial charge in [-0.05, 0) is 81.5 Å². The number of benzene rings is 3. The van der Waals surface area contributed by atoms with Crippen LogP contribution in [0.3, 0.4) is 0 Å². The lowest BCUT2D eigenvalue weighted by Gasteiger charge is -2.20. The average Bonchev–Trinajstić information content (AvgIpc) is 3.51. The van der Waals surface area contributed by atoms with Crippen molar-refractivity contribution in [2.75, 3.05) is 39.3 Å². The van der Waals surface area contributed by atoms with Crippen LogP contribution >= 0.6 is 0 Å². The molecule has 0 saturated carbocycles. The van der Waals surface area contributed by atoms with Crippen LogP contribution in [0.5, 0.6) is 0 Å². The molecule has 226 valence electrons. The van der Waals surface area contributed by atoms with Gasteiger partial charge in [-0.15, -0.1) is 0 Å². The largest absolute Gasteiger partial charge is 0.339 e. The Hall–Kier alpha value is -3.28. The smallest absolute Gasteiger partial charge is 0.227 e. The average molecular weight is 569 g/mol. The molecule has 5 heteroatoms. The lowest BCUT2D eigenvalue weighted by atomic mass is 9.96. The molecule has 1 atom stereocenters. The highest BCUT2D eigenvalue weighted by molar-refractivity contribution is 5.25. The Bertz CT molecular complexity index is 1150. The van der Waals surface area contributed by atoms with Gasteiger partial charge in [0.15, 0.2) is 5.82 Å². The predicted molar refractivity (Wildman–Crippen MR) is 176 cm³/mol. The summed E-state index contributed by atoms with van der Waals surface area (Å²) in [7, 11) is 0. The molecule has 0 radical (unpaired) electrons. The molecule has 0 aliphatic carbocycles. The van der Waals surface area contributed by atoms with Crippen LogP contribution in [0.15, 0.2) is 95.5 Å². The first-order valence-corrected chi connectivity index (χ1v) is 16.1. The van der Waals surface area contributed by atoms with Gasteiger partial charge in [-0.3, -0.25) is 0 Å². The van der Waals surface area contributed by atoms with Crippen molar-refractivity contribution in [3.8, 4) is 0 Å². The number of aryl methyl sites for hydroxylation is 2. The summed E-state index contributed by atoms with van der Waals surface area (Å²) in [6.45, 7) is 15.4. The molecule has 1 aromatic heterocycles. The lowest BCUT2D eigenvalue weighted by molar-refractivity contribution is 0.281. The van der Waals surface area contributed by atoms with Crippen LogP contribution in [0.2, 0.25) is 0 Å². The molecular weight excluding hydrogens is 516 g/mol. The topological polar surface area (TPSA) is 45.4 Å². The van der Waals surface area contributed by atoms with Crippen LogP contribution in [0.25, 0.3) is 0 Å². The van der Waals surface area contributed by atoms with E-state index in [4.69, 9.17) is 4.52 Å². The molecule has 0 saturated heterocycles. The van der Waals surface area contributed by atoms with E-state index in [9.17, 15) is 0 Å². The van der Waals surface area contributed by atoms with Crippen LogP contribution in [0.4, 0.5) is 0 Å². The summed E-state index contributed by atoms with van der Waals surface area (Å²) in [6.07, 6.45) is 6.68. The van der Waals surface area contributed by atoms with Crippen LogP contribution < -0.4 is 0 Å². The first-order chi connectivity index (χ1) is 20.7. The monoisotopic (exact) mass is 568 g/mol. The van der Waals surface area contributed by atoms with E-state index in [1.165, 1.54) is 55.5 Å². The van der Waals surface area contributed by atoms with Crippen molar-refractivity contribution in [1.29, 1.82) is 0 Å². The minimum atomic E-state index is 0.220. The second-order valence-electron chi connectivity index (χ2n) is 10.8. The number of hydrogen-bond acceptors (Lipinski definition) is 5. The molecule has 0 N–H and O–H groups in total. The number of rotatable bonds is 17. The minimum absolute atomic E-state index is 0.220. The summed E-state index contributed by atoms with van der Waals surface area (Å²) in [6, 6.07) is 32.0. The van der Waals surface area contributed by atoms with Crippen molar-refractivity contribution in [1.82, 2.24) is 19.9 Å². The summed E-state index contributed by atoms with van der Waals surface area (Å²) in [5.74, 6) is 1.77. The number of nitrogens with zero attached hydrogens (tertiary/aromatic N) is 4. The zero-order chi connectivity index (χ0) is 29.8. The van der Waals surface area contributed by atoms with Crippen molar-refractivity contribution in [2.45, 2.75) is 72.1 Å². The third kappa shape index (κ3) is 11.9. The van der Waals surface area contributed by atoms with E-state index in [-0.39, 0.29) is 5.92 Å². The van der Waals surface area contributed by atoms with E-state index >= 15 is 0 Å². The van der Waals surface area contributed by atoms with E-state index in [0.717, 1.165) is 50.7 Å².